The third-order valence-corrected chi connectivity index (χ3v) is 1.87. The SMILES string of the molecule is CC(C)CNCCCOCCOC(C)C. The van der Waals surface area contributed by atoms with Crippen molar-refractivity contribution in [2.45, 2.75) is 40.2 Å². The summed E-state index contributed by atoms with van der Waals surface area (Å²) in [5.41, 5.74) is 0. The molecule has 0 aromatic heterocycles. The van der Waals surface area contributed by atoms with Crippen LogP contribution in [-0.2, 0) is 9.47 Å². The van der Waals surface area contributed by atoms with Crippen molar-refractivity contribution >= 4 is 0 Å². The highest BCUT2D eigenvalue weighted by Crippen LogP contribution is 1.89. The fourth-order valence-corrected chi connectivity index (χ4v) is 1.13. The van der Waals surface area contributed by atoms with Crippen molar-refractivity contribution in [3.63, 3.8) is 0 Å². The lowest BCUT2D eigenvalue weighted by molar-refractivity contribution is 0.0191. The molecule has 0 radical (unpaired) electrons. The van der Waals surface area contributed by atoms with Gasteiger partial charge < -0.3 is 14.8 Å². The first-order valence-electron chi connectivity index (χ1n) is 6.03. The van der Waals surface area contributed by atoms with Crippen LogP contribution in [0.15, 0.2) is 0 Å². The Morgan fingerprint density at radius 1 is 1.00 bits per heavy atom. The highest BCUT2D eigenvalue weighted by molar-refractivity contribution is 4.50. The Bertz CT molecular complexity index is 113. The maximum absolute atomic E-state index is 5.43. The molecule has 0 amide bonds. The van der Waals surface area contributed by atoms with Gasteiger partial charge in [0, 0.05) is 6.61 Å². The summed E-state index contributed by atoms with van der Waals surface area (Å²) >= 11 is 0. The summed E-state index contributed by atoms with van der Waals surface area (Å²) < 4.78 is 10.8. The van der Waals surface area contributed by atoms with Gasteiger partial charge in [0.25, 0.3) is 0 Å². The number of hydrogen-bond donors (Lipinski definition) is 1. The summed E-state index contributed by atoms with van der Waals surface area (Å²) in [5.74, 6) is 0.727. The van der Waals surface area contributed by atoms with Gasteiger partial charge in [-0.3, -0.25) is 0 Å². The zero-order valence-electron chi connectivity index (χ0n) is 10.7. The predicted molar refractivity (Wildman–Crippen MR) is 64.2 cm³/mol. The van der Waals surface area contributed by atoms with Crippen LogP contribution in [0.25, 0.3) is 0 Å². The molecule has 3 nitrogen and oxygen atoms in total. The molecular weight excluding hydrogens is 190 g/mol. The Balaban J connectivity index is 2.93. The maximum atomic E-state index is 5.43. The summed E-state index contributed by atoms with van der Waals surface area (Å²) in [7, 11) is 0. The van der Waals surface area contributed by atoms with E-state index in [0.29, 0.717) is 19.3 Å². The van der Waals surface area contributed by atoms with E-state index in [-0.39, 0.29) is 0 Å². The number of ether oxygens (including phenoxy) is 2. The van der Waals surface area contributed by atoms with Gasteiger partial charge in [-0.2, -0.15) is 0 Å². The van der Waals surface area contributed by atoms with E-state index >= 15 is 0 Å². The van der Waals surface area contributed by atoms with E-state index in [9.17, 15) is 0 Å². The molecule has 0 bridgehead atoms. The number of hydrogen-bond acceptors (Lipinski definition) is 3. The topological polar surface area (TPSA) is 30.5 Å². The van der Waals surface area contributed by atoms with Crippen molar-refractivity contribution < 1.29 is 9.47 Å². The van der Waals surface area contributed by atoms with Gasteiger partial charge in [0.15, 0.2) is 0 Å². The Morgan fingerprint density at radius 2 is 1.73 bits per heavy atom. The first kappa shape index (κ1) is 14.9. The minimum atomic E-state index is 0.307. The van der Waals surface area contributed by atoms with Crippen LogP contribution in [0.5, 0.6) is 0 Å². The van der Waals surface area contributed by atoms with E-state index in [1.807, 2.05) is 13.8 Å². The molecule has 0 aromatic rings. The van der Waals surface area contributed by atoms with E-state index in [1.54, 1.807) is 0 Å². The standard InChI is InChI=1S/C12H27NO2/c1-11(2)10-13-6-5-7-14-8-9-15-12(3)4/h11-13H,5-10H2,1-4H3. The van der Waals surface area contributed by atoms with E-state index < -0.39 is 0 Å². The minimum absolute atomic E-state index is 0.307. The second-order valence-corrected chi connectivity index (χ2v) is 4.48. The molecule has 0 aromatic carbocycles. The molecular formula is C12H27NO2. The third kappa shape index (κ3) is 13.9. The minimum Gasteiger partial charge on any atom is -0.379 e. The molecule has 0 saturated heterocycles. The second kappa shape index (κ2) is 10.4. The van der Waals surface area contributed by atoms with Crippen LogP contribution >= 0.6 is 0 Å². The fourth-order valence-electron chi connectivity index (χ4n) is 1.13. The Morgan fingerprint density at radius 3 is 2.33 bits per heavy atom. The number of rotatable bonds is 10. The molecule has 92 valence electrons. The molecule has 0 fully saturated rings. The first-order chi connectivity index (χ1) is 7.13. The Labute approximate surface area is 94.5 Å². The molecule has 0 heterocycles. The van der Waals surface area contributed by atoms with Gasteiger partial charge >= 0.3 is 0 Å². The average Bonchev–Trinajstić information content (AvgIpc) is 2.14. The smallest absolute Gasteiger partial charge is 0.0703 e. The number of nitrogens with one attached hydrogen (secondary N) is 1. The van der Waals surface area contributed by atoms with Crippen molar-refractivity contribution in [3.8, 4) is 0 Å². The lowest BCUT2D eigenvalue weighted by Crippen LogP contribution is -2.22. The van der Waals surface area contributed by atoms with Crippen LogP contribution in [-0.4, -0.2) is 39.0 Å². The van der Waals surface area contributed by atoms with Crippen LogP contribution in [0.3, 0.4) is 0 Å². The molecule has 0 aliphatic rings. The van der Waals surface area contributed by atoms with Crippen molar-refractivity contribution in [3.05, 3.63) is 0 Å². The van der Waals surface area contributed by atoms with Crippen LogP contribution in [0.1, 0.15) is 34.1 Å². The summed E-state index contributed by atoms with van der Waals surface area (Å²) in [6, 6.07) is 0. The van der Waals surface area contributed by atoms with Gasteiger partial charge in [-0.05, 0) is 39.3 Å². The molecule has 0 aliphatic heterocycles. The summed E-state index contributed by atoms with van der Waals surface area (Å²) in [6.07, 6.45) is 1.38. The van der Waals surface area contributed by atoms with Crippen molar-refractivity contribution in [1.82, 2.24) is 5.32 Å². The second-order valence-electron chi connectivity index (χ2n) is 4.48. The highest BCUT2D eigenvalue weighted by Gasteiger charge is 1.94. The molecule has 3 heteroatoms. The average molecular weight is 217 g/mol. The molecule has 0 unspecified atom stereocenters. The Hall–Kier alpha value is -0.120. The largest absolute Gasteiger partial charge is 0.379 e. The van der Waals surface area contributed by atoms with Crippen molar-refractivity contribution in [2.24, 2.45) is 5.92 Å². The lowest BCUT2D eigenvalue weighted by atomic mass is 10.2. The highest BCUT2D eigenvalue weighted by atomic mass is 16.5. The quantitative estimate of drug-likeness (QED) is 0.568. The molecule has 15 heavy (non-hydrogen) atoms. The van der Waals surface area contributed by atoms with Gasteiger partial charge in [-0.25, -0.2) is 0 Å². The third-order valence-electron chi connectivity index (χ3n) is 1.87. The van der Waals surface area contributed by atoms with Crippen LogP contribution in [0.4, 0.5) is 0 Å². The van der Waals surface area contributed by atoms with Gasteiger partial charge in [0.1, 0.15) is 0 Å². The molecule has 0 rings (SSSR count). The predicted octanol–water partition coefficient (Wildman–Crippen LogP) is 2.06. The van der Waals surface area contributed by atoms with Crippen LogP contribution in [0, 0.1) is 5.92 Å². The molecule has 1 N–H and O–H groups in total. The van der Waals surface area contributed by atoms with E-state index in [1.165, 1.54) is 0 Å². The van der Waals surface area contributed by atoms with Crippen LogP contribution in [0.2, 0.25) is 0 Å². The van der Waals surface area contributed by atoms with Crippen molar-refractivity contribution in [2.75, 3.05) is 32.9 Å². The zero-order valence-corrected chi connectivity index (χ0v) is 10.7. The molecule has 0 atom stereocenters. The fraction of sp³-hybridized carbons (Fsp3) is 1.00. The molecule has 0 aliphatic carbocycles. The summed E-state index contributed by atoms with van der Waals surface area (Å²) in [6.45, 7) is 12.9. The van der Waals surface area contributed by atoms with E-state index in [4.69, 9.17) is 9.47 Å². The monoisotopic (exact) mass is 217 g/mol. The van der Waals surface area contributed by atoms with Gasteiger partial charge in [0.2, 0.25) is 0 Å². The summed E-state index contributed by atoms with van der Waals surface area (Å²) in [5, 5.41) is 3.38. The van der Waals surface area contributed by atoms with Gasteiger partial charge in [-0.1, -0.05) is 13.8 Å². The Kier molecular flexibility index (Phi) is 10.3. The normalized spacial score (nSPS) is 11.6. The first-order valence-corrected chi connectivity index (χ1v) is 6.03. The van der Waals surface area contributed by atoms with Crippen LogP contribution < -0.4 is 5.32 Å². The van der Waals surface area contributed by atoms with E-state index in [2.05, 4.69) is 19.2 Å². The molecule has 0 saturated carbocycles. The van der Waals surface area contributed by atoms with E-state index in [0.717, 1.165) is 32.0 Å². The van der Waals surface area contributed by atoms with Gasteiger partial charge in [-0.15, -0.1) is 0 Å². The maximum Gasteiger partial charge on any atom is 0.0703 e. The molecule has 0 spiro atoms. The zero-order chi connectivity index (χ0) is 11.5. The summed E-state index contributed by atoms with van der Waals surface area (Å²) in [4.78, 5) is 0. The van der Waals surface area contributed by atoms with Gasteiger partial charge in [0.05, 0.1) is 19.3 Å². The lowest BCUT2D eigenvalue weighted by Gasteiger charge is -2.09. The van der Waals surface area contributed by atoms with Crippen molar-refractivity contribution in [1.29, 1.82) is 0 Å².